The van der Waals surface area contributed by atoms with Crippen LogP contribution in [0.4, 0.5) is 10.2 Å². The van der Waals surface area contributed by atoms with Crippen LogP contribution in [0.2, 0.25) is 0 Å². The van der Waals surface area contributed by atoms with Crippen LogP contribution in [-0.4, -0.2) is 9.97 Å². The summed E-state index contributed by atoms with van der Waals surface area (Å²) in [6, 6.07) is 6.75. The monoisotopic (exact) mass is 339 g/mol. The summed E-state index contributed by atoms with van der Waals surface area (Å²) in [5, 5.41) is 3.13. The van der Waals surface area contributed by atoms with E-state index in [1.807, 2.05) is 23.6 Å². The second-order valence-corrected chi connectivity index (χ2v) is 7.33. The molecule has 3 nitrogen and oxygen atoms in total. The number of nitrogens with zero attached hydrogens (tertiary/aromatic N) is 2. The lowest BCUT2D eigenvalue weighted by Crippen LogP contribution is -2.04. The second-order valence-electron chi connectivity index (χ2n) is 6.02. The maximum atomic E-state index is 13.6. The fourth-order valence-electron chi connectivity index (χ4n) is 3.25. The van der Waals surface area contributed by atoms with E-state index in [1.165, 1.54) is 39.8 Å². The molecule has 0 spiro atoms. The van der Waals surface area contributed by atoms with E-state index in [2.05, 4.69) is 22.2 Å². The first-order valence-electron chi connectivity index (χ1n) is 8.13. The largest absolute Gasteiger partial charge is 0.365 e. The molecule has 5 heteroatoms. The van der Waals surface area contributed by atoms with Crippen molar-refractivity contribution in [3.63, 3.8) is 0 Å². The number of halogens is 1. The van der Waals surface area contributed by atoms with Gasteiger partial charge in [-0.1, -0.05) is 18.2 Å². The van der Waals surface area contributed by atoms with E-state index >= 15 is 0 Å². The molecule has 3 aromatic rings. The van der Waals surface area contributed by atoms with Crippen molar-refractivity contribution in [2.75, 3.05) is 5.32 Å². The Balaban J connectivity index is 1.52. The molecule has 1 N–H and O–H groups in total. The predicted octanol–water partition coefficient (Wildman–Crippen LogP) is 4.75. The number of anilines is 1. The van der Waals surface area contributed by atoms with Gasteiger partial charge in [0.15, 0.2) is 0 Å². The topological polar surface area (TPSA) is 37.8 Å². The van der Waals surface area contributed by atoms with E-state index in [0.717, 1.165) is 12.1 Å². The summed E-state index contributed by atoms with van der Waals surface area (Å²) in [4.78, 5) is 11.9. The van der Waals surface area contributed by atoms with Crippen molar-refractivity contribution in [1.29, 1.82) is 0 Å². The van der Waals surface area contributed by atoms with Gasteiger partial charge in [0.2, 0.25) is 0 Å². The molecule has 0 bridgehead atoms. The predicted molar refractivity (Wildman–Crippen MR) is 95.8 cm³/mol. The summed E-state index contributed by atoms with van der Waals surface area (Å²) in [6.07, 6.45) is 7.12. The fraction of sp³-hybridized carbons (Fsp3) is 0.263. The van der Waals surface area contributed by atoms with Crippen LogP contribution >= 0.6 is 11.3 Å². The smallest absolute Gasteiger partial charge is 0.144 e. The van der Waals surface area contributed by atoms with Gasteiger partial charge in [0.25, 0.3) is 0 Å². The third-order valence-corrected chi connectivity index (χ3v) is 5.63. The van der Waals surface area contributed by atoms with Gasteiger partial charge in [0.05, 0.1) is 18.1 Å². The lowest BCUT2D eigenvalue weighted by atomic mass is 10.1. The molecule has 24 heavy (non-hydrogen) atoms. The first-order valence-corrected chi connectivity index (χ1v) is 8.95. The van der Waals surface area contributed by atoms with Gasteiger partial charge in [-0.3, -0.25) is 4.98 Å². The summed E-state index contributed by atoms with van der Waals surface area (Å²) in [5.41, 5.74) is 4.28. The Morgan fingerprint density at radius 2 is 2.04 bits per heavy atom. The first kappa shape index (κ1) is 15.3. The minimum atomic E-state index is -0.209. The first-order chi connectivity index (χ1) is 11.7. The fourth-order valence-corrected chi connectivity index (χ4v) is 4.53. The highest BCUT2D eigenvalue weighted by molar-refractivity contribution is 7.12. The van der Waals surface area contributed by atoms with E-state index in [0.29, 0.717) is 17.9 Å². The Morgan fingerprint density at radius 1 is 1.17 bits per heavy atom. The molecular weight excluding hydrogens is 321 g/mol. The van der Waals surface area contributed by atoms with Crippen molar-refractivity contribution in [2.45, 2.75) is 32.7 Å². The van der Waals surface area contributed by atoms with Crippen LogP contribution < -0.4 is 5.32 Å². The number of hydrogen-bond acceptors (Lipinski definition) is 4. The minimum Gasteiger partial charge on any atom is -0.365 e. The normalized spacial score (nSPS) is 13.1. The third kappa shape index (κ3) is 2.80. The molecule has 0 saturated carbocycles. The van der Waals surface area contributed by atoms with Crippen LogP contribution in [0.25, 0.3) is 11.3 Å². The van der Waals surface area contributed by atoms with Crippen LogP contribution in [0.1, 0.15) is 27.3 Å². The van der Waals surface area contributed by atoms with Gasteiger partial charge in [-0.05, 0) is 37.8 Å². The highest BCUT2D eigenvalue weighted by Crippen LogP contribution is 2.40. The molecule has 0 radical (unpaired) electrons. The Labute approximate surface area is 144 Å². The highest BCUT2D eigenvalue weighted by Gasteiger charge is 2.22. The van der Waals surface area contributed by atoms with Crippen LogP contribution in [0.5, 0.6) is 0 Å². The Morgan fingerprint density at radius 3 is 2.83 bits per heavy atom. The summed E-state index contributed by atoms with van der Waals surface area (Å²) < 4.78 is 13.6. The molecule has 4 rings (SSSR count). The molecule has 0 amide bonds. The maximum absolute atomic E-state index is 13.6. The van der Waals surface area contributed by atoms with Gasteiger partial charge in [0.1, 0.15) is 11.6 Å². The summed E-state index contributed by atoms with van der Waals surface area (Å²) >= 11 is 1.89. The molecule has 0 saturated heterocycles. The summed E-state index contributed by atoms with van der Waals surface area (Å²) in [5.74, 6) is 0.450. The molecule has 2 aromatic heterocycles. The zero-order chi connectivity index (χ0) is 16.5. The number of benzene rings is 1. The molecule has 0 atom stereocenters. The zero-order valence-electron chi connectivity index (χ0n) is 13.5. The summed E-state index contributed by atoms with van der Waals surface area (Å²) in [6.45, 7) is 2.55. The van der Waals surface area contributed by atoms with Gasteiger partial charge < -0.3 is 5.32 Å². The SMILES string of the molecule is Cc1sc2c(c1-c1cnc(NCc3ccccc3F)cn1)CCC2. The average molecular weight is 339 g/mol. The minimum absolute atomic E-state index is 0.209. The molecule has 122 valence electrons. The molecule has 0 aliphatic heterocycles. The van der Waals surface area contributed by atoms with Gasteiger partial charge >= 0.3 is 0 Å². The van der Waals surface area contributed by atoms with E-state index in [4.69, 9.17) is 0 Å². The molecule has 1 aliphatic carbocycles. The quantitative estimate of drug-likeness (QED) is 0.745. The summed E-state index contributed by atoms with van der Waals surface area (Å²) in [7, 11) is 0. The van der Waals surface area contributed by atoms with Gasteiger partial charge in [-0.2, -0.15) is 0 Å². The van der Waals surface area contributed by atoms with E-state index in [1.54, 1.807) is 18.3 Å². The number of fused-ring (bicyclic) bond motifs is 1. The van der Waals surface area contributed by atoms with Crippen molar-refractivity contribution in [1.82, 2.24) is 9.97 Å². The molecule has 0 unspecified atom stereocenters. The Kier molecular flexibility index (Phi) is 4.02. The number of rotatable bonds is 4. The van der Waals surface area contributed by atoms with Crippen molar-refractivity contribution in [3.05, 3.63) is 63.4 Å². The van der Waals surface area contributed by atoms with Crippen molar-refractivity contribution in [3.8, 4) is 11.3 Å². The van der Waals surface area contributed by atoms with Crippen LogP contribution in [0.15, 0.2) is 36.7 Å². The van der Waals surface area contributed by atoms with Crippen molar-refractivity contribution < 1.29 is 4.39 Å². The van der Waals surface area contributed by atoms with Crippen LogP contribution in [-0.2, 0) is 19.4 Å². The number of hydrogen-bond donors (Lipinski definition) is 1. The number of aryl methyl sites for hydroxylation is 2. The van der Waals surface area contributed by atoms with Gasteiger partial charge in [-0.15, -0.1) is 11.3 Å². The van der Waals surface area contributed by atoms with Crippen LogP contribution in [0, 0.1) is 12.7 Å². The third-order valence-electron chi connectivity index (χ3n) is 4.42. The molecule has 2 heterocycles. The molecular formula is C19H18FN3S. The maximum Gasteiger partial charge on any atom is 0.144 e. The lowest BCUT2D eigenvalue weighted by molar-refractivity contribution is 0.613. The second kappa shape index (κ2) is 6.32. The Bertz CT molecular complexity index is 871. The molecule has 0 fully saturated rings. The highest BCUT2D eigenvalue weighted by atomic mass is 32.1. The van der Waals surface area contributed by atoms with Gasteiger partial charge in [-0.25, -0.2) is 9.37 Å². The van der Waals surface area contributed by atoms with E-state index in [-0.39, 0.29) is 5.82 Å². The van der Waals surface area contributed by atoms with E-state index < -0.39 is 0 Å². The standard InChI is InChI=1S/C19H18FN3S/c1-12-19(14-6-4-8-17(14)24-12)16-10-23-18(11-21-16)22-9-13-5-2-3-7-15(13)20/h2-3,5,7,10-11H,4,6,8-9H2,1H3,(H,22,23). The average Bonchev–Trinajstić information content (AvgIpc) is 3.15. The number of nitrogens with one attached hydrogen (secondary N) is 1. The lowest BCUT2D eigenvalue weighted by Gasteiger charge is -2.08. The van der Waals surface area contributed by atoms with Crippen LogP contribution in [0.3, 0.4) is 0 Å². The zero-order valence-corrected chi connectivity index (χ0v) is 14.3. The van der Waals surface area contributed by atoms with Gasteiger partial charge in [0, 0.05) is 27.4 Å². The molecule has 1 aromatic carbocycles. The van der Waals surface area contributed by atoms with Crippen molar-refractivity contribution in [2.24, 2.45) is 0 Å². The Hall–Kier alpha value is -2.27. The number of aromatic nitrogens is 2. The van der Waals surface area contributed by atoms with Crippen molar-refractivity contribution >= 4 is 17.2 Å². The van der Waals surface area contributed by atoms with E-state index in [9.17, 15) is 4.39 Å². The number of thiophene rings is 1. The molecule has 1 aliphatic rings.